The summed E-state index contributed by atoms with van der Waals surface area (Å²) in [7, 11) is 0. The summed E-state index contributed by atoms with van der Waals surface area (Å²) in [6.45, 7) is 16.4. The zero-order valence-electron chi connectivity index (χ0n) is 14.1. The minimum atomic E-state index is 0.469. The summed E-state index contributed by atoms with van der Waals surface area (Å²) in [4.78, 5) is 2.12. The van der Waals surface area contributed by atoms with Gasteiger partial charge in [-0.3, -0.25) is 0 Å². The molecule has 0 aromatic carbocycles. The van der Waals surface area contributed by atoms with Crippen molar-refractivity contribution < 1.29 is 0 Å². The maximum atomic E-state index is 5.81. The number of terminal acetylenes is 1. The molecule has 1 fully saturated rings. The van der Waals surface area contributed by atoms with E-state index < -0.39 is 0 Å². The summed E-state index contributed by atoms with van der Waals surface area (Å²) in [5, 5.41) is 0. The van der Waals surface area contributed by atoms with Gasteiger partial charge in [-0.15, -0.1) is 0 Å². The van der Waals surface area contributed by atoms with Gasteiger partial charge < -0.3 is 4.90 Å². The van der Waals surface area contributed by atoms with E-state index in [4.69, 9.17) is 6.42 Å². The van der Waals surface area contributed by atoms with E-state index in [1.807, 2.05) is 13.8 Å². The first-order chi connectivity index (χ1) is 9.88. The highest BCUT2D eigenvalue weighted by molar-refractivity contribution is 5.45. The van der Waals surface area contributed by atoms with Crippen molar-refractivity contribution >= 4 is 0 Å². The average molecular weight is 283 g/mol. The van der Waals surface area contributed by atoms with Crippen molar-refractivity contribution in [3.8, 4) is 12.5 Å². The smallest absolute Gasteiger partial charge is 0.0422 e. The van der Waals surface area contributed by atoms with Gasteiger partial charge in [0.1, 0.15) is 0 Å². The number of allylic oxidation sites excluding steroid dienone is 6. The fourth-order valence-corrected chi connectivity index (χ4v) is 2.82. The van der Waals surface area contributed by atoms with Crippen LogP contribution in [0.2, 0.25) is 0 Å². The Morgan fingerprint density at radius 2 is 1.62 bits per heavy atom. The van der Waals surface area contributed by atoms with Crippen LogP contribution in [0, 0.1) is 12.5 Å². The minimum absolute atomic E-state index is 0.469. The van der Waals surface area contributed by atoms with Crippen LogP contribution in [-0.4, -0.2) is 10.9 Å². The van der Waals surface area contributed by atoms with E-state index >= 15 is 0 Å². The third kappa shape index (κ3) is 4.67. The standard InChI is InChI=1S/C20H29N/c1-8-21(19-12-10-9-11-13-19)18(7)20(16(4)5)14-17(6)15(2)3/h1,14,19H,2,4,9-13H2,3,5-7H3/b17-14+,20-18-. The van der Waals surface area contributed by atoms with Crippen LogP contribution < -0.4 is 0 Å². The molecule has 1 heteroatoms. The summed E-state index contributed by atoms with van der Waals surface area (Å²) < 4.78 is 0. The third-order valence-corrected chi connectivity index (χ3v) is 4.32. The summed E-state index contributed by atoms with van der Waals surface area (Å²) in [6, 6.07) is 3.36. The van der Waals surface area contributed by atoms with Crippen molar-refractivity contribution in [1.29, 1.82) is 0 Å². The fraction of sp³-hybridized carbons (Fsp3) is 0.500. The van der Waals surface area contributed by atoms with Crippen LogP contribution in [0.1, 0.15) is 59.8 Å². The molecule has 1 aliphatic carbocycles. The molecule has 21 heavy (non-hydrogen) atoms. The number of nitrogens with zero attached hydrogens (tertiary/aromatic N) is 1. The average Bonchev–Trinajstić information content (AvgIpc) is 2.45. The van der Waals surface area contributed by atoms with Crippen molar-refractivity contribution in [2.24, 2.45) is 0 Å². The molecule has 0 unspecified atom stereocenters. The lowest BCUT2D eigenvalue weighted by Gasteiger charge is -2.33. The summed E-state index contributed by atoms with van der Waals surface area (Å²) in [5.41, 5.74) is 5.57. The normalized spacial score (nSPS) is 17.8. The minimum Gasteiger partial charge on any atom is -0.302 e. The first-order valence-corrected chi connectivity index (χ1v) is 7.85. The Labute approximate surface area is 131 Å². The third-order valence-electron chi connectivity index (χ3n) is 4.32. The molecule has 0 bridgehead atoms. The van der Waals surface area contributed by atoms with Gasteiger partial charge in [0.25, 0.3) is 0 Å². The number of hydrogen-bond donors (Lipinski definition) is 0. The van der Waals surface area contributed by atoms with Crippen molar-refractivity contribution in [1.82, 2.24) is 4.90 Å². The van der Waals surface area contributed by atoms with E-state index in [2.05, 4.69) is 44.0 Å². The molecule has 0 atom stereocenters. The second-order valence-electron chi connectivity index (χ2n) is 6.18. The SMILES string of the molecule is C#CN(/C(C)=C(/C=C(\C)C(=C)C)C(=C)C)C1CCCCC1. The Morgan fingerprint density at radius 1 is 1.05 bits per heavy atom. The molecule has 0 aromatic rings. The molecule has 0 radical (unpaired) electrons. The van der Waals surface area contributed by atoms with Gasteiger partial charge in [0.15, 0.2) is 0 Å². The molecule has 0 saturated heterocycles. The van der Waals surface area contributed by atoms with E-state index in [1.54, 1.807) is 0 Å². The Kier molecular flexibility index (Phi) is 6.56. The maximum Gasteiger partial charge on any atom is 0.0422 e. The molecule has 1 aliphatic rings. The predicted molar refractivity (Wildman–Crippen MR) is 93.6 cm³/mol. The van der Waals surface area contributed by atoms with Crippen molar-refractivity contribution in [2.75, 3.05) is 0 Å². The van der Waals surface area contributed by atoms with Gasteiger partial charge in [0, 0.05) is 17.8 Å². The van der Waals surface area contributed by atoms with Crippen molar-refractivity contribution in [3.63, 3.8) is 0 Å². The molecule has 0 N–H and O–H groups in total. The summed E-state index contributed by atoms with van der Waals surface area (Å²) in [5.74, 6) is 0. The molecule has 114 valence electrons. The predicted octanol–water partition coefficient (Wildman–Crippen LogP) is 5.58. The highest BCUT2D eigenvalue weighted by Gasteiger charge is 2.21. The van der Waals surface area contributed by atoms with Gasteiger partial charge in [-0.25, -0.2) is 0 Å². The van der Waals surface area contributed by atoms with E-state index in [0.717, 1.165) is 22.4 Å². The van der Waals surface area contributed by atoms with Gasteiger partial charge in [-0.1, -0.05) is 44.4 Å². The fourth-order valence-electron chi connectivity index (χ4n) is 2.82. The second kappa shape index (κ2) is 7.93. The molecule has 0 aliphatic heterocycles. The van der Waals surface area contributed by atoms with E-state index in [0.29, 0.717) is 6.04 Å². The molecule has 0 heterocycles. The van der Waals surface area contributed by atoms with Crippen LogP contribution in [-0.2, 0) is 0 Å². The first-order valence-electron chi connectivity index (χ1n) is 7.85. The quantitative estimate of drug-likeness (QED) is 0.361. The lowest BCUT2D eigenvalue weighted by atomic mass is 9.93. The van der Waals surface area contributed by atoms with Gasteiger partial charge in [-0.2, -0.15) is 0 Å². The molecule has 1 saturated carbocycles. The lowest BCUT2D eigenvalue weighted by molar-refractivity contribution is 0.272. The van der Waals surface area contributed by atoms with Crippen LogP contribution in [0.15, 0.2) is 47.2 Å². The summed E-state index contributed by atoms with van der Waals surface area (Å²) in [6.07, 6.45) is 14.2. The number of rotatable bonds is 5. The van der Waals surface area contributed by atoms with Gasteiger partial charge in [-0.05, 0) is 63.3 Å². The van der Waals surface area contributed by atoms with Gasteiger partial charge in [0.2, 0.25) is 0 Å². The maximum absolute atomic E-state index is 5.81. The first kappa shape index (κ1) is 17.4. The molecule has 0 aromatic heterocycles. The van der Waals surface area contributed by atoms with Crippen LogP contribution in [0.4, 0.5) is 0 Å². The molecule has 0 spiro atoms. The molecular formula is C20H29N. The van der Waals surface area contributed by atoms with Crippen LogP contribution in [0.25, 0.3) is 0 Å². The van der Waals surface area contributed by atoms with Gasteiger partial charge >= 0.3 is 0 Å². The lowest BCUT2D eigenvalue weighted by Crippen LogP contribution is -2.32. The van der Waals surface area contributed by atoms with Crippen LogP contribution >= 0.6 is 0 Å². The number of hydrogen-bond acceptors (Lipinski definition) is 1. The summed E-state index contributed by atoms with van der Waals surface area (Å²) >= 11 is 0. The Hall–Kier alpha value is -1.68. The highest BCUT2D eigenvalue weighted by Crippen LogP contribution is 2.28. The van der Waals surface area contributed by atoms with Crippen LogP contribution in [0.3, 0.4) is 0 Å². The Bertz CT molecular complexity index is 504. The van der Waals surface area contributed by atoms with E-state index in [-0.39, 0.29) is 0 Å². The van der Waals surface area contributed by atoms with Crippen molar-refractivity contribution in [3.05, 3.63) is 47.2 Å². The molecule has 1 rings (SSSR count). The van der Waals surface area contributed by atoms with Gasteiger partial charge in [0.05, 0.1) is 0 Å². The topological polar surface area (TPSA) is 3.24 Å². The largest absolute Gasteiger partial charge is 0.302 e. The zero-order valence-corrected chi connectivity index (χ0v) is 14.1. The Morgan fingerprint density at radius 3 is 2.05 bits per heavy atom. The molecular weight excluding hydrogens is 254 g/mol. The molecule has 1 nitrogen and oxygen atoms in total. The molecule has 0 amide bonds. The highest BCUT2D eigenvalue weighted by atomic mass is 15.1. The van der Waals surface area contributed by atoms with Crippen LogP contribution in [0.5, 0.6) is 0 Å². The van der Waals surface area contributed by atoms with E-state index in [9.17, 15) is 0 Å². The van der Waals surface area contributed by atoms with E-state index in [1.165, 1.54) is 37.7 Å². The zero-order chi connectivity index (χ0) is 16.0. The van der Waals surface area contributed by atoms with Crippen molar-refractivity contribution in [2.45, 2.75) is 65.8 Å². The monoisotopic (exact) mass is 283 g/mol. The Balaban J connectivity index is 3.18. The second-order valence-corrected chi connectivity index (χ2v) is 6.18.